The maximum Gasteiger partial charge on any atom is 0.147 e. The van der Waals surface area contributed by atoms with Crippen LogP contribution in [0.5, 0.6) is 0 Å². The fourth-order valence-electron chi connectivity index (χ4n) is 3.39. The molecule has 2 heterocycles. The van der Waals surface area contributed by atoms with Crippen molar-refractivity contribution in [3.8, 4) is 0 Å². The average molecular weight is 260 g/mol. The van der Waals surface area contributed by atoms with E-state index in [4.69, 9.17) is 0 Å². The fourth-order valence-corrected chi connectivity index (χ4v) is 3.39. The molecule has 104 valence electrons. The summed E-state index contributed by atoms with van der Waals surface area (Å²) in [6, 6.07) is 0.839. The summed E-state index contributed by atoms with van der Waals surface area (Å²) in [4.78, 5) is 13.6. The molecule has 1 aliphatic carbocycles. The number of aromatic nitrogens is 2. The zero-order valence-electron chi connectivity index (χ0n) is 11.7. The third kappa shape index (κ3) is 3.24. The van der Waals surface area contributed by atoms with Gasteiger partial charge >= 0.3 is 0 Å². The monoisotopic (exact) mass is 260 g/mol. The molecule has 0 amide bonds. The highest BCUT2D eigenvalue weighted by atomic mass is 15.3. The van der Waals surface area contributed by atoms with Gasteiger partial charge in [0.2, 0.25) is 0 Å². The van der Waals surface area contributed by atoms with E-state index in [-0.39, 0.29) is 0 Å². The highest BCUT2D eigenvalue weighted by Gasteiger charge is 2.24. The van der Waals surface area contributed by atoms with E-state index >= 15 is 0 Å². The lowest BCUT2D eigenvalue weighted by Crippen LogP contribution is -2.50. The molecule has 1 saturated carbocycles. The Morgan fingerprint density at radius 3 is 2.26 bits per heavy atom. The molecule has 0 spiro atoms. The molecule has 1 saturated heterocycles. The first-order chi connectivity index (χ1) is 9.43. The Morgan fingerprint density at radius 2 is 1.63 bits per heavy atom. The molecule has 3 rings (SSSR count). The molecule has 0 aromatic carbocycles. The van der Waals surface area contributed by atoms with Crippen LogP contribution < -0.4 is 4.90 Å². The minimum Gasteiger partial charge on any atom is -0.353 e. The summed E-state index contributed by atoms with van der Waals surface area (Å²) >= 11 is 0. The molecular formula is C15H24N4. The second-order valence-electron chi connectivity index (χ2n) is 5.73. The second-order valence-corrected chi connectivity index (χ2v) is 5.73. The van der Waals surface area contributed by atoms with E-state index in [1.165, 1.54) is 51.6 Å². The van der Waals surface area contributed by atoms with Gasteiger partial charge in [0, 0.05) is 44.6 Å². The van der Waals surface area contributed by atoms with Crippen molar-refractivity contribution in [1.82, 2.24) is 14.9 Å². The Balaban J connectivity index is 1.54. The quantitative estimate of drug-likeness (QED) is 0.764. The zero-order chi connectivity index (χ0) is 12.9. The van der Waals surface area contributed by atoms with Crippen LogP contribution in [0.25, 0.3) is 0 Å². The van der Waals surface area contributed by atoms with E-state index in [1.807, 2.05) is 6.20 Å². The van der Waals surface area contributed by atoms with Crippen LogP contribution in [0.3, 0.4) is 0 Å². The van der Waals surface area contributed by atoms with Gasteiger partial charge < -0.3 is 4.90 Å². The first kappa shape index (κ1) is 12.9. The molecule has 1 aromatic rings. The third-order valence-corrected chi connectivity index (χ3v) is 4.53. The molecule has 0 atom stereocenters. The lowest BCUT2D eigenvalue weighted by atomic mass is 10.1. The summed E-state index contributed by atoms with van der Waals surface area (Å²) in [6.45, 7) is 4.55. The Kier molecular flexibility index (Phi) is 4.28. The van der Waals surface area contributed by atoms with Crippen molar-refractivity contribution < 1.29 is 0 Å². The van der Waals surface area contributed by atoms with Crippen molar-refractivity contribution in [3.05, 3.63) is 18.6 Å². The normalized spacial score (nSPS) is 23.3. The van der Waals surface area contributed by atoms with Gasteiger partial charge in [-0.25, -0.2) is 4.98 Å². The molecule has 0 unspecified atom stereocenters. The maximum absolute atomic E-state index is 4.40. The standard InChI is InChI=1S/C15H24N4/c1-2-4-6-14(5-3-1)18-9-11-19(12-10-18)15-13-16-7-8-17-15/h7-8,13-14H,1-6,9-12H2. The van der Waals surface area contributed by atoms with Crippen LogP contribution in [0.4, 0.5) is 5.82 Å². The van der Waals surface area contributed by atoms with Gasteiger partial charge in [0.1, 0.15) is 5.82 Å². The van der Waals surface area contributed by atoms with Gasteiger partial charge in [-0.1, -0.05) is 25.7 Å². The largest absolute Gasteiger partial charge is 0.353 e. The molecule has 0 N–H and O–H groups in total. The van der Waals surface area contributed by atoms with Crippen molar-refractivity contribution in [1.29, 1.82) is 0 Å². The van der Waals surface area contributed by atoms with E-state index < -0.39 is 0 Å². The molecule has 4 heteroatoms. The minimum atomic E-state index is 0.839. The van der Waals surface area contributed by atoms with Crippen LogP contribution in [-0.2, 0) is 0 Å². The molecule has 19 heavy (non-hydrogen) atoms. The number of anilines is 1. The molecule has 0 bridgehead atoms. The lowest BCUT2D eigenvalue weighted by Gasteiger charge is -2.39. The van der Waals surface area contributed by atoms with Gasteiger partial charge in [-0.15, -0.1) is 0 Å². The summed E-state index contributed by atoms with van der Waals surface area (Å²) in [7, 11) is 0. The van der Waals surface area contributed by atoms with Crippen LogP contribution >= 0.6 is 0 Å². The molecule has 2 fully saturated rings. The summed E-state index contributed by atoms with van der Waals surface area (Å²) in [5, 5.41) is 0. The van der Waals surface area contributed by atoms with Crippen LogP contribution in [-0.4, -0.2) is 47.1 Å². The maximum atomic E-state index is 4.40. The second kappa shape index (κ2) is 6.33. The zero-order valence-corrected chi connectivity index (χ0v) is 11.7. The fraction of sp³-hybridized carbons (Fsp3) is 0.733. The molecule has 0 radical (unpaired) electrons. The van der Waals surface area contributed by atoms with E-state index in [0.29, 0.717) is 0 Å². The minimum absolute atomic E-state index is 0.839. The number of hydrogen-bond acceptors (Lipinski definition) is 4. The van der Waals surface area contributed by atoms with Crippen LogP contribution in [0.2, 0.25) is 0 Å². The number of piperazine rings is 1. The number of rotatable bonds is 2. The predicted octanol–water partition coefficient (Wildman–Crippen LogP) is 2.32. The Hall–Kier alpha value is -1.16. The number of nitrogens with zero attached hydrogens (tertiary/aromatic N) is 4. The van der Waals surface area contributed by atoms with Crippen molar-refractivity contribution in [2.24, 2.45) is 0 Å². The SMILES string of the molecule is c1cnc(N2CCN(C3CCCCCC3)CC2)cn1. The van der Waals surface area contributed by atoms with E-state index in [2.05, 4.69) is 19.8 Å². The molecule has 4 nitrogen and oxygen atoms in total. The summed E-state index contributed by atoms with van der Waals surface area (Å²) < 4.78 is 0. The first-order valence-electron chi connectivity index (χ1n) is 7.68. The number of hydrogen-bond donors (Lipinski definition) is 0. The summed E-state index contributed by atoms with van der Waals surface area (Å²) in [5.74, 6) is 1.03. The lowest BCUT2D eigenvalue weighted by molar-refractivity contribution is 0.169. The average Bonchev–Trinajstić information content (AvgIpc) is 2.77. The topological polar surface area (TPSA) is 32.3 Å². The van der Waals surface area contributed by atoms with Crippen molar-refractivity contribution >= 4 is 5.82 Å². The van der Waals surface area contributed by atoms with Gasteiger partial charge in [-0.3, -0.25) is 9.88 Å². The third-order valence-electron chi connectivity index (χ3n) is 4.53. The van der Waals surface area contributed by atoms with E-state index in [9.17, 15) is 0 Å². The molecule has 2 aliphatic rings. The Labute approximate surface area is 115 Å². The van der Waals surface area contributed by atoms with E-state index in [0.717, 1.165) is 24.9 Å². The van der Waals surface area contributed by atoms with Gasteiger partial charge in [-0.05, 0) is 12.8 Å². The predicted molar refractivity (Wildman–Crippen MR) is 77.3 cm³/mol. The highest BCUT2D eigenvalue weighted by Crippen LogP contribution is 2.23. The van der Waals surface area contributed by atoms with Crippen molar-refractivity contribution in [3.63, 3.8) is 0 Å². The van der Waals surface area contributed by atoms with Crippen LogP contribution in [0, 0.1) is 0 Å². The molecule has 1 aromatic heterocycles. The van der Waals surface area contributed by atoms with Crippen molar-refractivity contribution in [2.45, 2.75) is 44.6 Å². The van der Waals surface area contributed by atoms with Gasteiger partial charge in [-0.2, -0.15) is 0 Å². The highest BCUT2D eigenvalue weighted by molar-refractivity contribution is 5.35. The molecular weight excluding hydrogens is 236 g/mol. The van der Waals surface area contributed by atoms with Gasteiger partial charge in [0.15, 0.2) is 0 Å². The molecule has 1 aliphatic heterocycles. The van der Waals surface area contributed by atoms with Crippen LogP contribution in [0.1, 0.15) is 38.5 Å². The Morgan fingerprint density at radius 1 is 0.895 bits per heavy atom. The van der Waals surface area contributed by atoms with Crippen LogP contribution in [0.15, 0.2) is 18.6 Å². The van der Waals surface area contributed by atoms with Gasteiger partial charge in [0.05, 0.1) is 6.20 Å². The Bertz CT molecular complexity index is 365. The smallest absolute Gasteiger partial charge is 0.147 e. The van der Waals surface area contributed by atoms with E-state index in [1.54, 1.807) is 12.4 Å². The first-order valence-corrected chi connectivity index (χ1v) is 7.68. The summed E-state index contributed by atoms with van der Waals surface area (Å²) in [5.41, 5.74) is 0. The van der Waals surface area contributed by atoms with Crippen molar-refractivity contribution in [2.75, 3.05) is 31.1 Å². The summed E-state index contributed by atoms with van der Waals surface area (Å²) in [6.07, 6.45) is 14.0. The van der Waals surface area contributed by atoms with Gasteiger partial charge in [0.25, 0.3) is 0 Å².